The maximum Gasteiger partial charge on any atom is 0.241 e. The van der Waals surface area contributed by atoms with Crippen LogP contribution in [-0.2, 0) is 21.4 Å². The molecule has 1 fully saturated rings. The molecule has 2 aromatic carbocycles. The minimum absolute atomic E-state index is 0.103. The van der Waals surface area contributed by atoms with Gasteiger partial charge in [-0.1, -0.05) is 35.0 Å². The molecule has 1 atom stereocenters. The third-order valence-corrected chi connectivity index (χ3v) is 7.20. The van der Waals surface area contributed by atoms with Gasteiger partial charge in [-0.3, -0.25) is 14.0 Å². The van der Waals surface area contributed by atoms with E-state index in [4.69, 9.17) is 16.1 Å². The van der Waals surface area contributed by atoms with E-state index in [0.717, 1.165) is 31.2 Å². The van der Waals surface area contributed by atoms with E-state index in [-0.39, 0.29) is 11.8 Å². The van der Waals surface area contributed by atoms with Crippen molar-refractivity contribution in [2.24, 2.45) is 5.92 Å². The highest BCUT2D eigenvalue weighted by atomic mass is 35.5. The van der Waals surface area contributed by atoms with Crippen LogP contribution in [0.15, 0.2) is 53.1 Å². The summed E-state index contributed by atoms with van der Waals surface area (Å²) in [6.07, 6.45) is 2.77. The number of anilines is 2. The molecule has 0 radical (unpaired) electrons. The molecule has 2 heterocycles. The van der Waals surface area contributed by atoms with Crippen molar-refractivity contribution in [3.63, 3.8) is 0 Å². The van der Waals surface area contributed by atoms with E-state index in [1.165, 1.54) is 11.4 Å². The van der Waals surface area contributed by atoms with Gasteiger partial charge in [0.05, 0.1) is 24.4 Å². The molecule has 1 N–H and O–H groups in total. The smallest absolute Gasteiger partial charge is 0.241 e. The third kappa shape index (κ3) is 5.94. The van der Waals surface area contributed by atoms with Crippen LogP contribution >= 0.6 is 11.6 Å². The van der Waals surface area contributed by atoms with E-state index in [1.54, 1.807) is 36.4 Å². The highest BCUT2D eigenvalue weighted by Gasteiger charge is 2.27. The number of sulfonamides is 1. The van der Waals surface area contributed by atoms with E-state index in [2.05, 4.69) is 20.4 Å². The number of hydrogen-bond donors (Lipinski definition) is 1. The summed E-state index contributed by atoms with van der Waals surface area (Å²) in [7, 11) is -1.91. The third-order valence-electron chi connectivity index (χ3n) is 5.76. The van der Waals surface area contributed by atoms with Gasteiger partial charge in [-0.05, 0) is 49.7 Å². The number of carbonyl (C=O) groups is 1. The average Bonchev–Trinajstić information content (AvgIpc) is 3.27. The number of benzene rings is 2. The van der Waals surface area contributed by atoms with E-state index in [0.29, 0.717) is 41.2 Å². The standard InChI is InChI=1S/C23H26ClN5O4S/c1-28(34(2,31)32)20-10-4-9-19(13-20)25-23(30)17-7-5-11-29(14-17)15-21-26-22(27-33-21)16-6-3-8-18(24)12-16/h3-4,6,8-10,12-13,17H,5,7,11,14-15H2,1-2H3,(H,25,30). The van der Waals surface area contributed by atoms with Crippen molar-refractivity contribution in [3.05, 3.63) is 59.4 Å². The molecule has 9 nitrogen and oxygen atoms in total. The largest absolute Gasteiger partial charge is 0.338 e. The van der Waals surface area contributed by atoms with Crippen molar-refractivity contribution >= 4 is 38.9 Å². The van der Waals surface area contributed by atoms with Gasteiger partial charge < -0.3 is 9.84 Å². The first-order chi connectivity index (χ1) is 16.2. The normalized spacial score (nSPS) is 16.9. The van der Waals surface area contributed by atoms with Gasteiger partial charge in [-0.2, -0.15) is 4.98 Å². The monoisotopic (exact) mass is 503 g/mol. The number of hydrogen-bond acceptors (Lipinski definition) is 7. The van der Waals surface area contributed by atoms with Crippen LogP contribution in [0, 0.1) is 5.92 Å². The van der Waals surface area contributed by atoms with Gasteiger partial charge in [0.15, 0.2) is 0 Å². The molecule has 0 spiro atoms. The number of amides is 1. The van der Waals surface area contributed by atoms with E-state index < -0.39 is 10.0 Å². The first-order valence-corrected chi connectivity index (χ1v) is 13.1. The van der Waals surface area contributed by atoms with Gasteiger partial charge in [0.1, 0.15) is 0 Å². The molecule has 1 unspecified atom stereocenters. The Hall–Kier alpha value is -2.95. The predicted octanol–water partition coefficient (Wildman–Crippen LogP) is 3.64. The summed E-state index contributed by atoms with van der Waals surface area (Å²) in [6.45, 7) is 1.84. The second-order valence-electron chi connectivity index (χ2n) is 8.37. The molecule has 1 aromatic heterocycles. The summed E-state index contributed by atoms with van der Waals surface area (Å²) in [5.74, 6) is 0.643. The molecule has 1 aliphatic heterocycles. The first kappa shape index (κ1) is 24.2. The Kier molecular flexibility index (Phi) is 7.20. The van der Waals surface area contributed by atoms with Crippen molar-refractivity contribution in [2.45, 2.75) is 19.4 Å². The van der Waals surface area contributed by atoms with Gasteiger partial charge in [-0.25, -0.2) is 8.42 Å². The fourth-order valence-electron chi connectivity index (χ4n) is 3.88. The number of nitrogens with one attached hydrogen (secondary N) is 1. The summed E-state index contributed by atoms with van der Waals surface area (Å²) in [5, 5.41) is 7.57. The molecule has 34 heavy (non-hydrogen) atoms. The van der Waals surface area contributed by atoms with Crippen LogP contribution < -0.4 is 9.62 Å². The lowest BCUT2D eigenvalue weighted by Crippen LogP contribution is -2.40. The molecule has 0 bridgehead atoms. The molecule has 1 saturated heterocycles. The highest BCUT2D eigenvalue weighted by Crippen LogP contribution is 2.24. The molecule has 180 valence electrons. The lowest BCUT2D eigenvalue weighted by atomic mass is 9.97. The molecule has 1 amide bonds. The molecule has 0 aliphatic carbocycles. The van der Waals surface area contributed by atoms with E-state index in [1.807, 2.05) is 12.1 Å². The molecule has 0 saturated carbocycles. The minimum Gasteiger partial charge on any atom is -0.338 e. The van der Waals surface area contributed by atoms with Gasteiger partial charge in [0.2, 0.25) is 27.6 Å². The topological polar surface area (TPSA) is 109 Å². The van der Waals surface area contributed by atoms with Crippen LogP contribution in [0.1, 0.15) is 18.7 Å². The Balaban J connectivity index is 1.37. The SMILES string of the molecule is CN(c1cccc(NC(=O)C2CCCN(Cc3nc(-c4cccc(Cl)c4)no3)C2)c1)S(C)(=O)=O. The van der Waals surface area contributed by atoms with E-state index >= 15 is 0 Å². The molecule has 1 aliphatic rings. The van der Waals surface area contributed by atoms with Gasteiger partial charge in [-0.15, -0.1) is 0 Å². The lowest BCUT2D eigenvalue weighted by Gasteiger charge is -2.31. The Labute approximate surface area is 203 Å². The van der Waals surface area contributed by atoms with Crippen LogP contribution in [-0.4, -0.2) is 55.8 Å². The highest BCUT2D eigenvalue weighted by molar-refractivity contribution is 7.92. The number of halogens is 1. The zero-order chi connectivity index (χ0) is 24.3. The Morgan fingerprint density at radius 2 is 2.06 bits per heavy atom. The average molecular weight is 504 g/mol. The van der Waals surface area contributed by atoms with Crippen LogP contribution in [0.3, 0.4) is 0 Å². The molecular weight excluding hydrogens is 478 g/mol. The van der Waals surface area contributed by atoms with Crippen molar-refractivity contribution < 1.29 is 17.7 Å². The van der Waals surface area contributed by atoms with E-state index in [9.17, 15) is 13.2 Å². The Bertz CT molecular complexity index is 1280. The van der Waals surface area contributed by atoms with Crippen LogP contribution in [0.4, 0.5) is 11.4 Å². The number of rotatable bonds is 7. The van der Waals surface area contributed by atoms with Gasteiger partial charge in [0, 0.05) is 29.9 Å². The van der Waals surface area contributed by atoms with Gasteiger partial charge >= 0.3 is 0 Å². The summed E-state index contributed by atoms with van der Waals surface area (Å²) < 4.78 is 30.2. The molecule has 3 aromatic rings. The maximum absolute atomic E-state index is 12.9. The summed E-state index contributed by atoms with van der Waals surface area (Å²) in [4.78, 5) is 19.5. The van der Waals surface area contributed by atoms with Gasteiger partial charge in [0.25, 0.3) is 0 Å². The predicted molar refractivity (Wildman–Crippen MR) is 131 cm³/mol. The number of likely N-dealkylation sites (tertiary alicyclic amines) is 1. The van der Waals surface area contributed by atoms with Crippen molar-refractivity contribution in [1.82, 2.24) is 15.0 Å². The zero-order valence-electron chi connectivity index (χ0n) is 18.9. The minimum atomic E-state index is -3.39. The first-order valence-electron chi connectivity index (χ1n) is 10.8. The second kappa shape index (κ2) is 10.1. The summed E-state index contributed by atoms with van der Waals surface area (Å²) in [6, 6.07) is 14.0. The second-order valence-corrected chi connectivity index (χ2v) is 10.8. The molecular formula is C23H26ClN5O4S. The quantitative estimate of drug-likeness (QED) is 0.524. The van der Waals surface area contributed by atoms with Crippen molar-refractivity contribution in [2.75, 3.05) is 36.0 Å². The number of nitrogens with zero attached hydrogens (tertiary/aromatic N) is 4. The van der Waals surface area contributed by atoms with Crippen LogP contribution in [0.5, 0.6) is 0 Å². The lowest BCUT2D eigenvalue weighted by molar-refractivity contribution is -0.121. The van der Waals surface area contributed by atoms with Crippen LogP contribution in [0.25, 0.3) is 11.4 Å². The van der Waals surface area contributed by atoms with Crippen molar-refractivity contribution in [3.8, 4) is 11.4 Å². The Morgan fingerprint density at radius 3 is 2.82 bits per heavy atom. The fourth-order valence-corrected chi connectivity index (χ4v) is 4.57. The fraction of sp³-hybridized carbons (Fsp3) is 0.348. The number of carbonyl (C=O) groups excluding carboxylic acids is 1. The number of piperidine rings is 1. The summed E-state index contributed by atoms with van der Waals surface area (Å²) >= 11 is 6.04. The van der Waals surface area contributed by atoms with Crippen molar-refractivity contribution in [1.29, 1.82) is 0 Å². The molecule has 11 heteroatoms. The Morgan fingerprint density at radius 1 is 1.26 bits per heavy atom. The zero-order valence-corrected chi connectivity index (χ0v) is 20.5. The number of aromatic nitrogens is 2. The van der Waals surface area contributed by atoms with Crippen LogP contribution in [0.2, 0.25) is 5.02 Å². The summed E-state index contributed by atoms with van der Waals surface area (Å²) in [5.41, 5.74) is 1.82. The molecule has 4 rings (SSSR count). The maximum atomic E-state index is 12.9.